The maximum atomic E-state index is 5.80. The van der Waals surface area contributed by atoms with Crippen molar-refractivity contribution in [2.45, 2.75) is 32.4 Å². The average Bonchev–Trinajstić information content (AvgIpc) is 3.10. The van der Waals surface area contributed by atoms with Crippen LogP contribution < -0.4 is 0 Å². The molecule has 0 atom stereocenters. The number of oxazole rings is 1. The lowest BCUT2D eigenvalue weighted by Crippen LogP contribution is -2.36. The lowest BCUT2D eigenvalue weighted by molar-refractivity contribution is 0.0402. The van der Waals surface area contributed by atoms with Crippen LogP contribution in [0.15, 0.2) is 21.9 Å². The van der Waals surface area contributed by atoms with E-state index in [4.69, 9.17) is 9.15 Å². The SMILES string of the molecule is Cc1oc(-c2cccs2)nc1CN(C)C1CCOCC1. The molecule has 2 aromatic rings. The molecule has 1 aliphatic heterocycles. The number of aromatic nitrogens is 1. The highest BCUT2D eigenvalue weighted by Gasteiger charge is 2.21. The molecule has 20 heavy (non-hydrogen) atoms. The second-order valence-corrected chi connectivity index (χ2v) is 6.21. The Hall–Kier alpha value is -1.17. The minimum atomic E-state index is 0.588. The van der Waals surface area contributed by atoms with Crippen LogP contribution in [0.4, 0.5) is 0 Å². The number of nitrogens with zero attached hydrogens (tertiary/aromatic N) is 2. The maximum absolute atomic E-state index is 5.80. The summed E-state index contributed by atoms with van der Waals surface area (Å²) in [7, 11) is 2.16. The van der Waals surface area contributed by atoms with E-state index in [-0.39, 0.29) is 0 Å². The van der Waals surface area contributed by atoms with E-state index >= 15 is 0 Å². The largest absolute Gasteiger partial charge is 0.440 e. The van der Waals surface area contributed by atoms with Crippen LogP contribution in [-0.2, 0) is 11.3 Å². The summed E-state index contributed by atoms with van der Waals surface area (Å²) in [5.41, 5.74) is 1.04. The number of thiophene rings is 1. The number of hydrogen-bond acceptors (Lipinski definition) is 5. The Bertz CT molecular complexity index is 544. The molecule has 0 saturated carbocycles. The Morgan fingerprint density at radius 1 is 1.40 bits per heavy atom. The van der Waals surface area contributed by atoms with Gasteiger partial charge in [0.1, 0.15) is 5.76 Å². The van der Waals surface area contributed by atoms with E-state index in [1.165, 1.54) is 0 Å². The van der Waals surface area contributed by atoms with Crippen molar-refractivity contribution in [1.29, 1.82) is 0 Å². The molecule has 108 valence electrons. The van der Waals surface area contributed by atoms with Gasteiger partial charge < -0.3 is 9.15 Å². The Labute approximate surface area is 123 Å². The van der Waals surface area contributed by atoms with Crippen molar-refractivity contribution >= 4 is 11.3 Å². The van der Waals surface area contributed by atoms with E-state index in [1.807, 2.05) is 24.4 Å². The molecule has 5 heteroatoms. The fourth-order valence-corrected chi connectivity index (χ4v) is 3.22. The number of aryl methyl sites for hydroxylation is 1. The molecule has 2 aromatic heterocycles. The van der Waals surface area contributed by atoms with E-state index < -0.39 is 0 Å². The van der Waals surface area contributed by atoms with Crippen molar-refractivity contribution in [3.05, 3.63) is 29.0 Å². The van der Waals surface area contributed by atoms with Crippen molar-refractivity contribution in [2.24, 2.45) is 0 Å². The van der Waals surface area contributed by atoms with Gasteiger partial charge in [-0.25, -0.2) is 4.98 Å². The third-order valence-corrected chi connectivity index (χ3v) is 4.70. The first kappa shape index (κ1) is 13.8. The van der Waals surface area contributed by atoms with Gasteiger partial charge in [-0.05, 0) is 38.3 Å². The standard InChI is InChI=1S/C15H20N2O2S/c1-11-13(10-17(2)12-5-7-18-8-6-12)16-15(19-11)14-4-3-9-20-14/h3-4,9,12H,5-8,10H2,1-2H3. The summed E-state index contributed by atoms with van der Waals surface area (Å²) in [6, 6.07) is 4.65. The molecular formula is C15H20N2O2S. The Balaban J connectivity index is 1.70. The van der Waals surface area contributed by atoms with Crippen molar-refractivity contribution in [2.75, 3.05) is 20.3 Å². The first-order valence-electron chi connectivity index (χ1n) is 7.02. The van der Waals surface area contributed by atoms with E-state index in [0.29, 0.717) is 6.04 Å². The summed E-state index contributed by atoms with van der Waals surface area (Å²) < 4.78 is 11.2. The Morgan fingerprint density at radius 3 is 2.90 bits per heavy atom. The molecule has 0 radical (unpaired) electrons. The van der Waals surface area contributed by atoms with Crippen LogP contribution >= 0.6 is 11.3 Å². The highest BCUT2D eigenvalue weighted by Crippen LogP contribution is 2.27. The second-order valence-electron chi connectivity index (χ2n) is 5.26. The van der Waals surface area contributed by atoms with Crippen LogP contribution in [0.1, 0.15) is 24.3 Å². The summed E-state index contributed by atoms with van der Waals surface area (Å²) in [5, 5.41) is 2.04. The molecule has 0 unspecified atom stereocenters. The summed E-state index contributed by atoms with van der Waals surface area (Å²) in [5.74, 6) is 1.67. The number of rotatable bonds is 4. The van der Waals surface area contributed by atoms with Gasteiger partial charge in [0.2, 0.25) is 5.89 Å². The zero-order chi connectivity index (χ0) is 13.9. The third-order valence-electron chi connectivity index (χ3n) is 3.84. The van der Waals surface area contributed by atoms with Gasteiger partial charge >= 0.3 is 0 Å². The fourth-order valence-electron chi connectivity index (χ4n) is 2.57. The smallest absolute Gasteiger partial charge is 0.236 e. The first-order valence-corrected chi connectivity index (χ1v) is 7.90. The van der Waals surface area contributed by atoms with Gasteiger partial charge in [0.05, 0.1) is 10.6 Å². The summed E-state index contributed by atoms with van der Waals surface area (Å²) in [6.07, 6.45) is 2.20. The molecule has 1 fully saturated rings. The van der Waals surface area contributed by atoms with E-state index in [2.05, 4.69) is 16.9 Å². The summed E-state index contributed by atoms with van der Waals surface area (Å²) >= 11 is 1.66. The molecule has 1 aliphatic rings. The van der Waals surface area contributed by atoms with Crippen LogP contribution in [0.25, 0.3) is 10.8 Å². The quantitative estimate of drug-likeness (QED) is 0.866. The van der Waals surface area contributed by atoms with Crippen LogP contribution in [0.2, 0.25) is 0 Å². The topological polar surface area (TPSA) is 38.5 Å². The van der Waals surface area contributed by atoms with Crippen molar-refractivity contribution in [1.82, 2.24) is 9.88 Å². The third kappa shape index (κ3) is 2.95. The summed E-state index contributed by atoms with van der Waals surface area (Å²) in [4.78, 5) is 8.12. The van der Waals surface area contributed by atoms with Crippen molar-refractivity contribution in [3.8, 4) is 10.8 Å². The molecule has 1 saturated heterocycles. The van der Waals surface area contributed by atoms with E-state index in [0.717, 1.165) is 54.8 Å². The van der Waals surface area contributed by atoms with Gasteiger partial charge in [-0.1, -0.05) is 6.07 Å². The normalized spacial score (nSPS) is 16.9. The molecular weight excluding hydrogens is 272 g/mol. The van der Waals surface area contributed by atoms with Gasteiger partial charge in [0.15, 0.2) is 0 Å². The molecule has 0 N–H and O–H groups in total. The predicted octanol–water partition coefficient (Wildman–Crippen LogP) is 3.32. The van der Waals surface area contributed by atoms with Crippen LogP contribution in [0.3, 0.4) is 0 Å². The molecule has 0 aliphatic carbocycles. The number of ether oxygens (including phenoxy) is 1. The Kier molecular flexibility index (Phi) is 4.19. The van der Waals surface area contributed by atoms with Gasteiger partial charge in [0, 0.05) is 25.8 Å². The lowest BCUT2D eigenvalue weighted by Gasteiger charge is -2.30. The van der Waals surface area contributed by atoms with Crippen LogP contribution in [0.5, 0.6) is 0 Å². The fraction of sp³-hybridized carbons (Fsp3) is 0.533. The Morgan fingerprint density at radius 2 is 2.20 bits per heavy atom. The summed E-state index contributed by atoms with van der Waals surface area (Å²) in [6.45, 7) is 4.57. The predicted molar refractivity (Wildman–Crippen MR) is 79.9 cm³/mol. The molecule has 3 rings (SSSR count). The molecule has 4 nitrogen and oxygen atoms in total. The van der Waals surface area contributed by atoms with Gasteiger partial charge in [-0.3, -0.25) is 4.90 Å². The second kappa shape index (κ2) is 6.08. The van der Waals surface area contributed by atoms with E-state index in [9.17, 15) is 0 Å². The molecule has 0 amide bonds. The van der Waals surface area contributed by atoms with E-state index in [1.54, 1.807) is 11.3 Å². The average molecular weight is 292 g/mol. The van der Waals surface area contributed by atoms with Crippen molar-refractivity contribution < 1.29 is 9.15 Å². The zero-order valence-electron chi connectivity index (χ0n) is 12.0. The lowest BCUT2D eigenvalue weighted by atomic mass is 10.1. The first-order chi connectivity index (χ1) is 9.74. The molecule has 0 bridgehead atoms. The molecule has 0 spiro atoms. The monoisotopic (exact) mass is 292 g/mol. The van der Waals surface area contributed by atoms with Gasteiger partial charge in [-0.15, -0.1) is 11.3 Å². The maximum Gasteiger partial charge on any atom is 0.236 e. The minimum Gasteiger partial charge on any atom is -0.440 e. The minimum absolute atomic E-state index is 0.588. The van der Waals surface area contributed by atoms with Gasteiger partial charge in [-0.2, -0.15) is 0 Å². The van der Waals surface area contributed by atoms with Crippen LogP contribution in [-0.4, -0.2) is 36.2 Å². The number of hydrogen-bond donors (Lipinski definition) is 0. The highest BCUT2D eigenvalue weighted by atomic mass is 32.1. The zero-order valence-corrected chi connectivity index (χ0v) is 12.8. The molecule has 3 heterocycles. The van der Waals surface area contributed by atoms with Gasteiger partial charge in [0.25, 0.3) is 0 Å². The van der Waals surface area contributed by atoms with Crippen LogP contribution in [0, 0.1) is 6.92 Å². The van der Waals surface area contributed by atoms with Crippen molar-refractivity contribution in [3.63, 3.8) is 0 Å². The molecule has 0 aromatic carbocycles. The highest BCUT2D eigenvalue weighted by molar-refractivity contribution is 7.13.